The zero-order valence-corrected chi connectivity index (χ0v) is 6.83. The fraction of sp³-hybridized carbons (Fsp3) is 0. The molecule has 0 amide bonds. The summed E-state index contributed by atoms with van der Waals surface area (Å²) in [7, 11) is 0. The fourth-order valence-corrected chi connectivity index (χ4v) is 1.23. The van der Waals surface area contributed by atoms with Crippen molar-refractivity contribution in [2.24, 2.45) is 0 Å². The minimum atomic E-state index is -0.110. The van der Waals surface area contributed by atoms with Crippen molar-refractivity contribution < 1.29 is 0 Å². The second kappa shape index (κ2) is 3.21. The molecule has 1 rings (SSSR count). The maximum absolute atomic E-state index is 8.31. The first-order valence-corrected chi connectivity index (χ1v) is 4.31. The molecular formula is C6H5N3Se. The molecule has 2 N–H and O–H groups in total. The van der Waals surface area contributed by atoms with E-state index in [1.54, 1.807) is 12.3 Å². The molecule has 0 aliphatic rings. The summed E-state index contributed by atoms with van der Waals surface area (Å²) < 4.78 is 0.962. The van der Waals surface area contributed by atoms with Crippen molar-refractivity contribution in [1.82, 2.24) is 4.98 Å². The summed E-state index contributed by atoms with van der Waals surface area (Å²) in [6.07, 6.45) is 1.64. The van der Waals surface area contributed by atoms with Gasteiger partial charge in [-0.1, -0.05) is 0 Å². The molecule has 1 aromatic heterocycles. The van der Waals surface area contributed by atoms with Gasteiger partial charge in [-0.3, -0.25) is 0 Å². The van der Waals surface area contributed by atoms with Crippen molar-refractivity contribution in [3.8, 4) is 4.97 Å². The Morgan fingerprint density at radius 3 is 2.90 bits per heavy atom. The van der Waals surface area contributed by atoms with Crippen molar-refractivity contribution in [3.63, 3.8) is 0 Å². The molecule has 0 aliphatic heterocycles. The molecule has 0 aliphatic carbocycles. The Bertz CT molecular complexity index is 249. The van der Waals surface area contributed by atoms with E-state index in [0.717, 1.165) is 4.46 Å². The van der Waals surface area contributed by atoms with Gasteiger partial charge in [-0.05, 0) is 0 Å². The standard InChI is InChI=1S/C6H5N3Se/c7-4-10-5-1-2-6(8)9-3-5/h1-3H,(H2,8,9). The molecule has 0 spiro atoms. The van der Waals surface area contributed by atoms with Crippen LogP contribution in [-0.4, -0.2) is 19.9 Å². The molecule has 0 bridgehead atoms. The van der Waals surface area contributed by atoms with Gasteiger partial charge in [0.1, 0.15) is 0 Å². The number of aromatic nitrogens is 1. The molecule has 3 nitrogen and oxygen atoms in total. The van der Waals surface area contributed by atoms with Crippen LogP contribution in [0.25, 0.3) is 0 Å². The van der Waals surface area contributed by atoms with E-state index in [1.165, 1.54) is 0 Å². The normalized spacial score (nSPS) is 8.70. The molecule has 0 saturated carbocycles. The predicted molar refractivity (Wildman–Crippen MR) is 39.7 cm³/mol. The van der Waals surface area contributed by atoms with Gasteiger partial charge in [0, 0.05) is 0 Å². The summed E-state index contributed by atoms with van der Waals surface area (Å²) in [6.45, 7) is 0. The van der Waals surface area contributed by atoms with Crippen LogP contribution in [0.4, 0.5) is 5.82 Å². The first-order chi connectivity index (χ1) is 4.83. The van der Waals surface area contributed by atoms with Crippen molar-refractivity contribution in [2.75, 3.05) is 5.73 Å². The molecule has 0 aromatic carbocycles. The summed E-state index contributed by atoms with van der Waals surface area (Å²) in [5.41, 5.74) is 5.34. The molecule has 1 heterocycles. The first-order valence-electron chi connectivity index (χ1n) is 2.60. The monoisotopic (exact) mass is 199 g/mol. The Balaban J connectivity index is 2.81. The molecule has 50 valence electrons. The fourth-order valence-electron chi connectivity index (χ4n) is 0.505. The van der Waals surface area contributed by atoms with E-state index in [-0.39, 0.29) is 15.0 Å². The van der Waals surface area contributed by atoms with E-state index in [0.29, 0.717) is 5.82 Å². The van der Waals surface area contributed by atoms with Crippen molar-refractivity contribution in [3.05, 3.63) is 18.3 Å². The minimum absolute atomic E-state index is 0.110. The summed E-state index contributed by atoms with van der Waals surface area (Å²) in [5.74, 6) is 0.498. The van der Waals surface area contributed by atoms with Gasteiger partial charge in [-0.2, -0.15) is 0 Å². The van der Waals surface area contributed by atoms with Gasteiger partial charge in [-0.15, -0.1) is 0 Å². The van der Waals surface area contributed by atoms with Gasteiger partial charge in [0.15, 0.2) is 0 Å². The second-order valence-electron chi connectivity index (χ2n) is 1.61. The van der Waals surface area contributed by atoms with Crippen LogP contribution >= 0.6 is 0 Å². The van der Waals surface area contributed by atoms with Crippen LogP contribution in [0.2, 0.25) is 0 Å². The predicted octanol–water partition coefficient (Wildman–Crippen LogP) is -0.526. The van der Waals surface area contributed by atoms with E-state index >= 15 is 0 Å². The summed E-state index contributed by atoms with van der Waals surface area (Å²) in [6, 6.07) is 3.53. The Morgan fingerprint density at radius 1 is 1.60 bits per heavy atom. The summed E-state index contributed by atoms with van der Waals surface area (Å²) >= 11 is -0.110. The summed E-state index contributed by atoms with van der Waals surface area (Å²) in [5, 5.41) is 8.31. The number of pyridine rings is 1. The number of hydrogen-bond acceptors (Lipinski definition) is 3. The number of nitriles is 1. The van der Waals surface area contributed by atoms with Gasteiger partial charge in [-0.25, -0.2) is 0 Å². The van der Waals surface area contributed by atoms with E-state index in [9.17, 15) is 0 Å². The van der Waals surface area contributed by atoms with E-state index in [1.807, 2.05) is 6.07 Å². The Morgan fingerprint density at radius 2 is 2.40 bits per heavy atom. The van der Waals surface area contributed by atoms with Gasteiger partial charge in [0.05, 0.1) is 0 Å². The van der Waals surface area contributed by atoms with Gasteiger partial charge in [0.2, 0.25) is 0 Å². The number of hydrogen-bond donors (Lipinski definition) is 1. The molecule has 0 atom stereocenters. The van der Waals surface area contributed by atoms with Gasteiger partial charge in [0.25, 0.3) is 0 Å². The third-order valence-electron chi connectivity index (χ3n) is 0.923. The molecule has 0 fully saturated rings. The molecule has 0 radical (unpaired) electrons. The van der Waals surface area contributed by atoms with Crippen LogP contribution in [0.3, 0.4) is 0 Å². The third kappa shape index (κ3) is 1.73. The topological polar surface area (TPSA) is 62.7 Å². The third-order valence-corrected chi connectivity index (χ3v) is 2.12. The van der Waals surface area contributed by atoms with Gasteiger partial charge >= 0.3 is 64.5 Å². The van der Waals surface area contributed by atoms with Crippen LogP contribution in [0, 0.1) is 10.2 Å². The van der Waals surface area contributed by atoms with E-state index in [2.05, 4.69) is 9.95 Å². The van der Waals surface area contributed by atoms with Crippen molar-refractivity contribution in [2.45, 2.75) is 0 Å². The SMILES string of the molecule is N#C[Se]c1ccc(N)nc1. The van der Waals surface area contributed by atoms with Crippen LogP contribution in [0.5, 0.6) is 0 Å². The van der Waals surface area contributed by atoms with Crippen LogP contribution in [-0.2, 0) is 0 Å². The number of nitrogens with two attached hydrogens (primary N) is 1. The van der Waals surface area contributed by atoms with Crippen LogP contribution < -0.4 is 10.2 Å². The zero-order valence-electron chi connectivity index (χ0n) is 5.11. The Hall–Kier alpha value is -1.04. The zero-order chi connectivity index (χ0) is 7.40. The molecular weight excluding hydrogens is 193 g/mol. The molecule has 0 unspecified atom stereocenters. The maximum atomic E-state index is 8.31. The Labute approximate surface area is 65.0 Å². The first kappa shape index (κ1) is 7.07. The second-order valence-corrected chi connectivity index (χ2v) is 3.41. The number of nitrogen functional groups attached to an aromatic ring is 1. The van der Waals surface area contributed by atoms with Crippen LogP contribution in [0.1, 0.15) is 0 Å². The molecule has 10 heavy (non-hydrogen) atoms. The Kier molecular flexibility index (Phi) is 2.27. The van der Waals surface area contributed by atoms with Crippen molar-refractivity contribution >= 4 is 25.2 Å². The van der Waals surface area contributed by atoms with Crippen molar-refractivity contribution in [1.29, 1.82) is 5.26 Å². The summed E-state index contributed by atoms with van der Waals surface area (Å²) in [4.78, 5) is 5.93. The number of rotatable bonds is 1. The van der Waals surface area contributed by atoms with Gasteiger partial charge < -0.3 is 0 Å². The molecule has 4 heteroatoms. The van der Waals surface area contributed by atoms with E-state index in [4.69, 9.17) is 11.0 Å². The average molecular weight is 198 g/mol. The van der Waals surface area contributed by atoms with Crippen LogP contribution in [0.15, 0.2) is 18.3 Å². The molecule has 1 aromatic rings. The number of nitrogens with zero attached hydrogens (tertiary/aromatic N) is 2. The quantitative estimate of drug-likeness (QED) is 0.617. The number of anilines is 1. The van der Waals surface area contributed by atoms with E-state index < -0.39 is 0 Å². The molecule has 0 saturated heterocycles. The average Bonchev–Trinajstić information content (AvgIpc) is 1.95.